The second-order valence-corrected chi connectivity index (χ2v) is 5.58. The highest BCUT2D eigenvalue weighted by atomic mass is 79.9. The van der Waals surface area contributed by atoms with Crippen molar-refractivity contribution in [2.24, 2.45) is 5.92 Å². The van der Waals surface area contributed by atoms with Gasteiger partial charge in [0, 0.05) is 17.2 Å². The molecule has 0 radical (unpaired) electrons. The van der Waals surface area contributed by atoms with Crippen LogP contribution in [-0.2, 0) is 4.74 Å². The standard InChI is InChI=1S/C10H19BrOS/c1-3-9(6-11)7-13-10-4-5-12-8(10)2/h8-10H,3-7H2,1-2H3. The lowest BCUT2D eigenvalue weighted by atomic mass is 10.2. The Labute approximate surface area is 94.1 Å². The molecule has 1 aliphatic heterocycles. The molecule has 1 saturated heterocycles. The molecule has 3 heteroatoms. The minimum Gasteiger partial charge on any atom is -0.377 e. The molecule has 13 heavy (non-hydrogen) atoms. The summed E-state index contributed by atoms with van der Waals surface area (Å²) in [5, 5.41) is 1.88. The maximum Gasteiger partial charge on any atom is 0.0666 e. The summed E-state index contributed by atoms with van der Waals surface area (Å²) < 4.78 is 5.53. The Bertz CT molecular complexity index is 139. The third-order valence-corrected chi connectivity index (χ3v) is 5.27. The zero-order valence-electron chi connectivity index (χ0n) is 8.46. The van der Waals surface area contributed by atoms with Crippen molar-refractivity contribution in [3.63, 3.8) is 0 Å². The maximum absolute atomic E-state index is 5.53. The zero-order valence-corrected chi connectivity index (χ0v) is 10.9. The van der Waals surface area contributed by atoms with Gasteiger partial charge in [0.25, 0.3) is 0 Å². The molecule has 0 saturated carbocycles. The Morgan fingerprint density at radius 1 is 1.62 bits per heavy atom. The lowest BCUT2D eigenvalue weighted by molar-refractivity contribution is 0.127. The second kappa shape index (κ2) is 6.31. The third kappa shape index (κ3) is 3.80. The lowest BCUT2D eigenvalue weighted by Crippen LogP contribution is -2.16. The molecule has 0 aromatic heterocycles. The summed E-state index contributed by atoms with van der Waals surface area (Å²) in [6.07, 6.45) is 2.99. The number of ether oxygens (including phenoxy) is 1. The maximum atomic E-state index is 5.53. The predicted octanol–water partition coefficient (Wildman–Crippen LogP) is 3.32. The highest BCUT2D eigenvalue weighted by Gasteiger charge is 2.24. The summed E-state index contributed by atoms with van der Waals surface area (Å²) in [7, 11) is 0. The average Bonchev–Trinajstić information content (AvgIpc) is 2.54. The number of halogens is 1. The van der Waals surface area contributed by atoms with E-state index in [1.807, 2.05) is 0 Å². The average molecular weight is 267 g/mol. The van der Waals surface area contributed by atoms with Crippen LogP contribution in [0.25, 0.3) is 0 Å². The molecular weight excluding hydrogens is 248 g/mol. The molecule has 1 aliphatic rings. The Balaban J connectivity index is 2.17. The van der Waals surface area contributed by atoms with E-state index < -0.39 is 0 Å². The van der Waals surface area contributed by atoms with E-state index in [4.69, 9.17) is 4.74 Å². The van der Waals surface area contributed by atoms with E-state index in [2.05, 4.69) is 41.5 Å². The van der Waals surface area contributed by atoms with Crippen molar-refractivity contribution < 1.29 is 4.74 Å². The highest BCUT2D eigenvalue weighted by molar-refractivity contribution is 9.09. The van der Waals surface area contributed by atoms with Crippen LogP contribution in [0.3, 0.4) is 0 Å². The van der Waals surface area contributed by atoms with Crippen LogP contribution in [0, 0.1) is 5.92 Å². The minimum absolute atomic E-state index is 0.470. The second-order valence-electron chi connectivity index (χ2n) is 3.66. The SMILES string of the molecule is CCC(CBr)CSC1CCOC1C. The zero-order chi connectivity index (χ0) is 9.68. The summed E-state index contributed by atoms with van der Waals surface area (Å²) in [6.45, 7) is 5.42. The van der Waals surface area contributed by atoms with Gasteiger partial charge < -0.3 is 4.74 Å². The largest absolute Gasteiger partial charge is 0.377 e. The van der Waals surface area contributed by atoms with Crippen LogP contribution in [-0.4, -0.2) is 29.0 Å². The first-order chi connectivity index (χ1) is 6.27. The van der Waals surface area contributed by atoms with Gasteiger partial charge in [0.05, 0.1) is 6.10 Å². The molecule has 0 aromatic carbocycles. The molecule has 1 nitrogen and oxygen atoms in total. The summed E-state index contributed by atoms with van der Waals surface area (Å²) in [5.74, 6) is 2.11. The van der Waals surface area contributed by atoms with Gasteiger partial charge in [-0.25, -0.2) is 0 Å². The van der Waals surface area contributed by atoms with Gasteiger partial charge in [0.2, 0.25) is 0 Å². The third-order valence-electron chi connectivity index (χ3n) is 2.65. The summed E-state index contributed by atoms with van der Waals surface area (Å²) in [4.78, 5) is 0. The van der Waals surface area contributed by atoms with E-state index >= 15 is 0 Å². The first-order valence-electron chi connectivity index (χ1n) is 5.07. The summed E-state index contributed by atoms with van der Waals surface area (Å²) in [6, 6.07) is 0. The van der Waals surface area contributed by atoms with Gasteiger partial charge in [-0.1, -0.05) is 29.3 Å². The van der Waals surface area contributed by atoms with Crippen LogP contribution in [0.1, 0.15) is 26.7 Å². The Kier molecular flexibility index (Phi) is 5.75. The van der Waals surface area contributed by atoms with Crippen LogP contribution >= 0.6 is 27.7 Å². The van der Waals surface area contributed by atoms with Gasteiger partial charge in [-0.2, -0.15) is 11.8 Å². The quantitative estimate of drug-likeness (QED) is 0.707. The van der Waals surface area contributed by atoms with Gasteiger partial charge in [-0.05, 0) is 25.0 Å². The number of thioether (sulfide) groups is 1. The molecule has 1 rings (SSSR count). The van der Waals surface area contributed by atoms with E-state index in [1.54, 1.807) is 0 Å². The van der Waals surface area contributed by atoms with Crippen LogP contribution in [0.2, 0.25) is 0 Å². The van der Waals surface area contributed by atoms with E-state index in [0.717, 1.165) is 23.1 Å². The summed E-state index contributed by atoms with van der Waals surface area (Å²) >= 11 is 5.65. The van der Waals surface area contributed by atoms with Crippen molar-refractivity contribution in [2.75, 3.05) is 17.7 Å². The fourth-order valence-electron chi connectivity index (χ4n) is 1.46. The van der Waals surface area contributed by atoms with Gasteiger partial charge in [-0.3, -0.25) is 0 Å². The van der Waals surface area contributed by atoms with Gasteiger partial charge in [-0.15, -0.1) is 0 Å². The van der Waals surface area contributed by atoms with Crippen molar-refractivity contribution in [1.82, 2.24) is 0 Å². The Hall–Kier alpha value is 0.790. The number of hydrogen-bond donors (Lipinski definition) is 0. The molecule has 0 bridgehead atoms. The molecule has 1 fully saturated rings. The lowest BCUT2D eigenvalue weighted by Gasteiger charge is -2.17. The smallest absolute Gasteiger partial charge is 0.0666 e. The van der Waals surface area contributed by atoms with Crippen molar-refractivity contribution in [2.45, 2.75) is 38.0 Å². The number of alkyl halides is 1. The van der Waals surface area contributed by atoms with Crippen molar-refractivity contribution in [3.8, 4) is 0 Å². The fraction of sp³-hybridized carbons (Fsp3) is 1.00. The number of hydrogen-bond acceptors (Lipinski definition) is 2. The van der Waals surface area contributed by atoms with E-state index in [9.17, 15) is 0 Å². The first-order valence-corrected chi connectivity index (χ1v) is 7.24. The minimum atomic E-state index is 0.470. The van der Waals surface area contributed by atoms with Crippen LogP contribution in [0.15, 0.2) is 0 Å². The summed E-state index contributed by atoms with van der Waals surface area (Å²) in [5.41, 5.74) is 0. The molecular formula is C10H19BrOS. The van der Waals surface area contributed by atoms with Gasteiger partial charge in [0.1, 0.15) is 0 Å². The molecule has 1 heterocycles. The van der Waals surface area contributed by atoms with Gasteiger partial charge >= 0.3 is 0 Å². The van der Waals surface area contributed by atoms with Crippen molar-refractivity contribution in [3.05, 3.63) is 0 Å². The molecule has 0 N–H and O–H groups in total. The normalized spacial score (nSPS) is 30.7. The fourth-order valence-corrected chi connectivity index (χ4v) is 3.94. The molecule has 0 amide bonds. The molecule has 0 aliphatic carbocycles. The molecule has 78 valence electrons. The van der Waals surface area contributed by atoms with Crippen LogP contribution < -0.4 is 0 Å². The van der Waals surface area contributed by atoms with Crippen LogP contribution in [0.5, 0.6) is 0 Å². The topological polar surface area (TPSA) is 9.23 Å². The monoisotopic (exact) mass is 266 g/mol. The number of rotatable bonds is 5. The molecule has 0 aromatic rings. The highest BCUT2D eigenvalue weighted by Crippen LogP contribution is 2.28. The molecule has 0 spiro atoms. The Morgan fingerprint density at radius 3 is 2.85 bits per heavy atom. The predicted molar refractivity (Wildman–Crippen MR) is 63.9 cm³/mol. The van der Waals surface area contributed by atoms with E-state index in [-0.39, 0.29) is 0 Å². The molecule has 3 unspecified atom stereocenters. The van der Waals surface area contributed by atoms with E-state index in [1.165, 1.54) is 18.6 Å². The van der Waals surface area contributed by atoms with Crippen LogP contribution in [0.4, 0.5) is 0 Å². The first kappa shape index (κ1) is 11.9. The Morgan fingerprint density at radius 2 is 2.38 bits per heavy atom. The van der Waals surface area contributed by atoms with Crippen molar-refractivity contribution in [1.29, 1.82) is 0 Å². The van der Waals surface area contributed by atoms with Crippen molar-refractivity contribution >= 4 is 27.7 Å². The molecule has 3 atom stereocenters. The van der Waals surface area contributed by atoms with E-state index in [0.29, 0.717) is 6.10 Å². The van der Waals surface area contributed by atoms with Gasteiger partial charge in [0.15, 0.2) is 0 Å².